The van der Waals surface area contributed by atoms with Gasteiger partial charge in [-0.25, -0.2) is 0 Å². The van der Waals surface area contributed by atoms with Crippen molar-refractivity contribution in [1.82, 2.24) is 5.32 Å². The van der Waals surface area contributed by atoms with E-state index in [1.54, 1.807) is 18.2 Å². The predicted octanol–water partition coefficient (Wildman–Crippen LogP) is 3.84. The van der Waals surface area contributed by atoms with E-state index in [9.17, 15) is 10.1 Å². The van der Waals surface area contributed by atoms with Crippen LogP contribution < -0.4 is 10.1 Å². The minimum atomic E-state index is -0.383. The van der Waals surface area contributed by atoms with Crippen molar-refractivity contribution in [2.45, 2.75) is 26.3 Å². The van der Waals surface area contributed by atoms with Gasteiger partial charge in [-0.3, -0.25) is 4.79 Å². The van der Waals surface area contributed by atoms with Crippen LogP contribution in [0.15, 0.2) is 40.9 Å². The van der Waals surface area contributed by atoms with Crippen LogP contribution in [-0.4, -0.2) is 18.6 Å². The first-order valence-electron chi connectivity index (χ1n) is 6.97. The number of hydrogen-bond acceptors (Lipinski definition) is 3. The number of benzene rings is 1. The second-order valence-electron chi connectivity index (χ2n) is 4.73. The number of halogens is 1. The summed E-state index contributed by atoms with van der Waals surface area (Å²) in [5, 5.41) is 12.0. The van der Waals surface area contributed by atoms with Crippen LogP contribution in [0.5, 0.6) is 5.75 Å². The summed E-state index contributed by atoms with van der Waals surface area (Å²) in [6.45, 7) is 7.82. The molecule has 116 valence electrons. The fourth-order valence-electron chi connectivity index (χ4n) is 1.62. The Morgan fingerprint density at radius 1 is 1.59 bits per heavy atom. The molecule has 0 saturated carbocycles. The first kappa shape index (κ1) is 18.0. The van der Waals surface area contributed by atoms with Gasteiger partial charge in [-0.1, -0.05) is 35.5 Å². The van der Waals surface area contributed by atoms with Gasteiger partial charge in [-0.15, -0.1) is 0 Å². The lowest BCUT2D eigenvalue weighted by Gasteiger charge is -2.11. The van der Waals surface area contributed by atoms with Gasteiger partial charge in [0.15, 0.2) is 0 Å². The summed E-state index contributed by atoms with van der Waals surface area (Å²) >= 11 is 3.38. The number of hydrogen-bond donors (Lipinski definition) is 1. The summed E-state index contributed by atoms with van der Waals surface area (Å²) in [5.74, 6) is 0.207. The van der Waals surface area contributed by atoms with Crippen LogP contribution in [0.2, 0.25) is 0 Å². The van der Waals surface area contributed by atoms with E-state index in [1.807, 2.05) is 26.0 Å². The Hall–Kier alpha value is -2.06. The highest BCUT2D eigenvalue weighted by Gasteiger charge is 2.13. The molecule has 0 spiro atoms. The molecule has 0 heterocycles. The Kier molecular flexibility index (Phi) is 7.41. The zero-order chi connectivity index (χ0) is 16.5. The van der Waals surface area contributed by atoms with E-state index in [1.165, 1.54) is 6.08 Å². The number of carbonyl (C=O) groups is 1. The van der Waals surface area contributed by atoms with Crippen molar-refractivity contribution >= 4 is 27.9 Å². The molecule has 1 aromatic carbocycles. The van der Waals surface area contributed by atoms with E-state index in [-0.39, 0.29) is 17.5 Å². The maximum absolute atomic E-state index is 12.1. The van der Waals surface area contributed by atoms with E-state index in [4.69, 9.17) is 4.74 Å². The molecule has 1 aromatic rings. The zero-order valence-electron chi connectivity index (χ0n) is 12.7. The summed E-state index contributed by atoms with van der Waals surface area (Å²) < 4.78 is 6.38. The predicted molar refractivity (Wildman–Crippen MR) is 91.3 cm³/mol. The second kappa shape index (κ2) is 9.06. The molecule has 1 amide bonds. The van der Waals surface area contributed by atoms with E-state index in [0.29, 0.717) is 17.9 Å². The monoisotopic (exact) mass is 362 g/mol. The molecule has 1 N–H and O–H groups in total. The van der Waals surface area contributed by atoms with Crippen LogP contribution in [0, 0.1) is 11.3 Å². The van der Waals surface area contributed by atoms with Gasteiger partial charge in [0.05, 0.1) is 0 Å². The Morgan fingerprint density at radius 2 is 2.32 bits per heavy atom. The van der Waals surface area contributed by atoms with E-state index in [2.05, 4.69) is 27.8 Å². The van der Waals surface area contributed by atoms with Gasteiger partial charge in [0.2, 0.25) is 0 Å². The molecule has 0 aliphatic heterocycles. The van der Waals surface area contributed by atoms with Crippen molar-refractivity contribution in [2.24, 2.45) is 0 Å². The molecule has 0 aliphatic carbocycles. The number of amides is 1. The molecule has 0 aromatic heterocycles. The van der Waals surface area contributed by atoms with Crippen molar-refractivity contribution in [1.29, 1.82) is 5.26 Å². The number of nitrogens with zero attached hydrogens (tertiary/aromatic N) is 1. The lowest BCUT2D eigenvalue weighted by molar-refractivity contribution is -0.117. The molecular formula is C17H19BrN2O2. The number of ether oxygens (including phenoxy) is 1. The molecule has 1 rings (SSSR count). The number of carbonyl (C=O) groups excluding carboxylic acids is 1. The third kappa shape index (κ3) is 5.38. The summed E-state index contributed by atoms with van der Waals surface area (Å²) in [6, 6.07) is 7.37. The van der Waals surface area contributed by atoms with Crippen molar-refractivity contribution in [3.05, 3.63) is 46.5 Å². The summed E-state index contributed by atoms with van der Waals surface area (Å²) in [5.41, 5.74) is 0.703. The van der Waals surface area contributed by atoms with Crippen LogP contribution in [-0.2, 0) is 4.79 Å². The lowest BCUT2D eigenvalue weighted by Crippen LogP contribution is -2.32. The topological polar surface area (TPSA) is 62.1 Å². The molecule has 4 nitrogen and oxygen atoms in total. The minimum absolute atomic E-state index is 0.0169. The van der Waals surface area contributed by atoms with Crippen LogP contribution in [0.1, 0.15) is 25.8 Å². The highest BCUT2D eigenvalue weighted by Crippen LogP contribution is 2.25. The molecule has 0 radical (unpaired) electrons. The van der Waals surface area contributed by atoms with Crippen molar-refractivity contribution in [3.63, 3.8) is 0 Å². The van der Waals surface area contributed by atoms with Crippen LogP contribution in [0.3, 0.4) is 0 Å². The Labute approximate surface area is 139 Å². The van der Waals surface area contributed by atoms with Gasteiger partial charge < -0.3 is 10.1 Å². The molecule has 0 saturated heterocycles. The molecule has 0 fully saturated rings. The van der Waals surface area contributed by atoms with Gasteiger partial charge in [-0.05, 0) is 37.6 Å². The van der Waals surface area contributed by atoms with Gasteiger partial charge in [0.25, 0.3) is 5.91 Å². The average Bonchev–Trinajstić information content (AvgIpc) is 2.51. The molecule has 1 atom stereocenters. The van der Waals surface area contributed by atoms with Crippen molar-refractivity contribution in [3.8, 4) is 11.8 Å². The lowest BCUT2D eigenvalue weighted by atomic mass is 10.1. The SMILES string of the molecule is C=CCOc1ccc(Br)cc1/C=C(\C#N)C(=O)N[C@@H](C)CC. The standard InChI is InChI=1S/C17H19BrN2O2/c1-4-8-22-16-7-6-15(18)10-13(16)9-14(11-19)17(21)20-12(3)5-2/h4,6-7,9-10,12H,1,5,8H2,2-3H3,(H,20,21)/b14-9+/t12-/m0/s1. The molecule has 0 bridgehead atoms. The first-order valence-corrected chi connectivity index (χ1v) is 7.77. The molecule has 0 aliphatic rings. The van der Waals surface area contributed by atoms with E-state index < -0.39 is 0 Å². The van der Waals surface area contributed by atoms with Gasteiger partial charge in [0.1, 0.15) is 24.0 Å². The normalized spacial score (nSPS) is 12.2. The van der Waals surface area contributed by atoms with Gasteiger partial charge in [0, 0.05) is 16.1 Å². The van der Waals surface area contributed by atoms with Gasteiger partial charge in [-0.2, -0.15) is 5.26 Å². The van der Waals surface area contributed by atoms with Crippen LogP contribution in [0.25, 0.3) is 6.08 Å². The fraction of sp³-hybridized carbons (Fsp3) is 0.294. The first-order chi connectivity index (χ1) is 10.5. The van der Waals surface area contributed by atoms with Crippen LogP contribution in [0.4, 0.5) is 0 Å². The van der Waals surface area contributed by atoms with Crippen molar-refractivity contribution in [2.75, 3.05) is 6.61 Å². The third-order valence-electron chi connectivity index (χ3n) is 2.98. The maximum Gasteiger partial charge on any atom is 0.262 e. The van der Waals surface area contributed by atoms with E-state index >= 15 is 0 Å². The number of nitrogens with one attached hydrogen (secondary N) is 1. The third-order valence-corrected chi connectivity index (χ3v) is 3.48. The fourth-order valence-corrected chi connectivity index (χ4v) is 2.00. The quantitative estimate of drug-likeness (QED) is 0.455. The molecular weight excluding hydrogens is 344 g/mol. The van der Waals surface area contributed by atoms with Gasteiger partial charge >= 0.3 is 0 Å². The number of nitriles is 1. The highest BCUT2D eigenvalue weighted by molar-refractivity contribution is 9.10. The molecule has 22 heavy (non-hydrogen) atoms. The van der Waals surface area contributed by atoms with Crippen LogP contribution >= 0.6 is 15.9 Å². The number of rotatable bonds is 7. The molecule has 5 heteroatoms. The Morgan fingerprint density at radius 3 is 2.91 bits per heavy atom. The molecule has 0 unspecified atom stereocenters. The Balaban J connectivity index is 3.11. The Bertz CT molecular complexity index is 618. The maximum atomic E-state index is 12.1. The van der Waals surface area contributed by atoms with Crippen molar-refractivity contribution < 1.29 is 9.53 Å². The second-order valence-corrected chi connectivity index (χ2v) is 5.65. The smallest absolute Gasteiger partial charge is 0.262 e. The zero-order valence-corrected chi connectivity index (χ0v) is 14.3. The average molecular weight is 363 g/mol. The summed E-state index contributed by atoms with van der Waals surface area (Å²) in [6.07, 6.45) is 3.96. The summed E-state index contributed by atoms with van der Waals surface area (Å²) in [4.78, 5) is 12.1. The largest absolute Gasteiger partial charge is 0.489 e. The van der Waals surface area contributed by atoms with E-state index in [0.717, 1.165) is 10.9 Å². The minimum Gasteiger partial charge on any atom is -0.489 e. The summed E-state index contributed by atoms with van der Waals surface area (Å²) in [7, 11) is 0. The highest BCUT2D eigenvalue weighted by atomic mass is 79.9.